The van der Waals surface area contributed by atoms with Crippen LogP contribution in [0.15, 0.2) is 53.6 Å². The zero-order chi connectivity index (χ0) is 23.6. The molecule has 9 nitrogen and oxygen atoms in total. The largest absolute Gasteiger partial charge is 0.480 e. The Balaban J connectivity index is 1.50. The van der Waals surface area contributed by atoms with Gasteiger partial charge in [-0.2, -0.15) is 0 Å². The number of amides is 1. The van der Waals surface area contributed by atoms with E-state index in [9.17, 15) is 14.7 Å². The molecule has 2 aromatic carbocycles. The van der Waals surface area contributed by atoms with Gasteiger partial charge >= 0.3 is 12.1 Å². The summed E-state index contributed by atoms with van der Waals surface area (Å²) in [4.78, 5) is 27.8. The van der Waals surface area contributed by atoms with Gasteiger partial charge in [-0.05, 0) is 27.8 Å². The van der Waals surface area contributed by atoms with Gasteiger partial charge in [-0.3, -0.25) is 0 Å². The van der Waals surface area contributed by atoms with Gasteiger partial charge in [0.2, 0.25) is 0 Å². The summed E-state index contributed by atoms with van der Waals surface area (Å²) >= 11 is 0. The van der Waals surface area contributed by atoms with Crippen molar-refractivity contribution in [1.29, 1.82) is 0 Å². The highest BCUT2D eigenvalue weighted by molar-refractivity contribution is 5.82. The van der Waals surface area contributed by atoms with Gasteiger partial charge in [0.15, 0.2) is 0 Å². The number of nitrogens with zero attached hydrogens (tertiary/aromatic N) is 4. The molecular weight excluding hydrogens is 422 g/mol. The number of nitrogens with one attached hydrogen (secondary N) is 1. The van der Waals surface area contributed by atoms with Crippen molar-refractivity contribution < 1.29 is 23.9 Å². The second-order valence-corrected chi connectivity index (χ2v) is 9.56. The number of carbonyl (C=O) groups is 2. The molecule has 1 amide bonds. The lowest BCUT2D eigenvalue weighted by Crippen LogP contribution is -2.56. The van der Waals surface area contributed by atoms with E-state index in [1.807, 2.05) is 62.6 Å². The minimum absolute atomic E-state index is 0.00813. The van der Waals surface area contributed by atoms with E-state index in [4.69, 9.17) is 10.3 Å². The SMILES string of the molecule is C[N+]1(C)CC[C@](CN=[N+]=[N-])([C@H](NC(=O)OCC2c3ccccc3-c3ccccc32)C(=O)O)C1. The Labute approximate surface area is 192 Å². The van der Waals surface area contributed by atoms with Crippen LogP contribution in [-0.4, -0.2) is 68.0 Å². The number of hydrogen-bond acceptors (Lipinski definition) is 4. The zero-order valence-corrected chi connectivity index (χ0v) is 18.8. The van der Waals surface area contributed by atoms with E-state index in [0.29, 0.717) is 17.4 Å². The van der Waals surface area contributed by atoms with Gasteiger partial charge in [0, 0.05) is 23.8 Å². The predicted molar refractivity (Wildman–Crippen MR) is 123 cm³/mol. The van der Waals surface area contributed by atoms with E-state index in [-0.39, 0.29) is 19.1 Å². The number of benzene rings is 2. The molecule has 0 radical (unpaired) electrons. The molecule has 2 atom stereocenters. The van der Waals surface area contributed by atoms with Crippen molar-refractivity contribution in [2.75, 3.05) is 40.3 Å². The lowest BCUT2D eigenvalue weighted by atomic mass is 9.79. The molecule has 0 unspecified atom stereocenters. The van der Waals surface area contributed by atoms with Crippen LogP contribution < -0.4 is 5.32 Å². The van der Waals surface area contributed by atoms with Crippen molar-refractivity contribution in [2.24, 2.45) is 10.5 Å². The third-order valence-electron chi connectivity index (χ3n) is 6.87. The summed E-state index contributed by atoms with van der Waals surface area (Å²) < 4.78 is 6.14. The summed E-state index contributed by atoms with van der Waals surface area (Å²) in [6.45, 7) is 1.27. The molecule has 9 heteroatoms. The van der Waals surface area contributed by atoms with E-state index in [1.165, 1.54) is 0 Å². The molecule has 172 valence electrons. The number of rotatable bonds is 7. The lowest BCUT2D eigenvalue weighted by molar-refractivity contribution is -0.880. The first-order valence-electron chi connectivity index (χ1n) is 10.9. The van der Waals surface area contributed by atoms with Crippen LogP contribution in [0.25, 0.3) is 21.6 Å². The van der Waals surface area contributed by atoms with Gasteiger partial charge in [-0.1, -0.05) is 53.6 Å². The number of carboxylic acids is 1. The quantitative estimate of drug-likeness (QED) is 0.288. The first-order valence-corrected chi connectivity index (χ1v) is 10.9. The van der Waals surface area contributed by atoms with Gasteiger partial charge in [0.1, 0.15) is 12.6 Å². The van der Waals surface area contributed by atoms with Crippen molar-refractivity contribution in [2.45, 2.75) is 18.4 Å². The molecule has 2 aromatic rings. The Bertz CT molecular complexity index is 1080. The monoisotopic (exact) mass is 450 g/mol. The Morgan fingerprint density at radius 1 is 1.21 bits per heavy atom. The van der Waals surface area contributed by atoms with Crippen LogP contribution in [0.4, 0.5) is 4.79 Å². The van der Waals surface area contributed by atoms with Crippen LogP contribution in [0.3, 0.4) is 0 Å². The average molecular weight is 451 g/mol. The number of ether oxygens (including phenoxy) is 1. The summed E-state index contributed by atoms with van der Waals surface area (Å²) in [5.74, 6) is -1.29. The summed E-state index contributed by atoms with van der Waals surface area (Å²) in [5, 5.41) is 16.2. The number of azide groups is 1. The molecule has 1 heterocycles. The number of aliphatic carboxylic acids is 1. The van der Waals surface area contributed by atoms with Crippen LogP contribution in [0.2, 0.25) is 0 Å². The fraction of sp³-hybridized carbons (Fsp3) is 0.417. The summed E-state index contributed by atoms with van der Waals surface area (Å²) in [6, 6.07) is 14.8. The number of carboxylic acid groups (broad SMARTS) is 1. The average Bonchev–Trinajstić information content (AvgIpc) is 3.29. The fourth-order valence-corrected chi connectivity index (χ4v) is 5.40. The normalized spacial score (nSPS) is 21.4. The van der Waals surface area contributed by atoms with Crippen molar-refractivity contribution in [3.05, 3.63) is 70.1 Å². The fourth-order valence-electron chi connectivity index (χ4n) is 5.40. The van der Waals surface area contributed by atoms with Gasteiger partial charge in [0.25, 0.3) is 0 Å². The molecule has 0 aromatic heterocycles. The molecule has 1 aliphatic heterocycles. The predicted octanol–water partition coefficient (Wildman–Crippen LogP) is 3.76. The Morgan fingerprint density at radius 2 is 1.82 bits per heavy atom. The van der Waals surface area contributed by atoms with Crippen LogP contribution in [-0.2, 0) is 9.53 Å². The second kappa shape index (κ2) is 8.77. The van der Waals surface area contributed by atoms with Gasteiger partial charge in [-0.15, -0.1) is 0 Å². The van der Waals surface area contributed by atoms with Gasteiger partial charge in [0.05, 0.1) is 32.6 Å². The smallest absolute Gasteiger partial charge is 0.407 e. The topological polar surface area (TPSA) is 124 Å². The molecule has 33 heavy (non-hydrogen) atoms. The Hall–Kier alpha value is -3.55. The van der Waals surface area contributed by atoms with E-state index >= 15 is 0 Å². The third kappa shape index (κ3) is 4.37. The van der Waals surface area contributed by atoms with Gasteiger partial charge < -0.3 is 19.6 Å². The maximum Gasteiger partial charge on any atom is 0.407 e. The molecule has 0 bridgehead atoms. The highest BCUT2D eigenvalue weighted by Gasteiger charge is 2.53. The number of hydrogen-bond donors (Lipinski definition) is 2. The first kappa shape index (κ1) is 22.6. The van der Waals surface area contributed by atoms with Crippen molar-refractivity contribution in [3.63, 3.8) is 0 Å². The van der Waals surface area contributed by atoms with Crippen molar-refractivity contribution >= 4 is 12.1 Å². The molecule has 1 aliphatic carbocycles. The molecule has 2 aliphatic rings. The molecule has 1 fully saturated rings. The van der Waals surface area contributed by atoms with E-state index in [2.05, 4.69) is 15.3 Å². The highest BCUT2D eigenvalue weighted by atomic mass is 16.5. The van der Waals surface area contributed by atoms with E-state index in [0.717, 1.165) is 28.8 Å². The standard InChI is InChI=1S/C24H27N5O4/c1-29(2)12-11-24(15-29,14-26-28-25)21(22(30)31)27-23(32)33-13-20-18-9-5-3-7-16(18)17-8-4-6-10-19(17)20/h3-10,20-21H,11-15H2,1-2H3,(H-,27,30,31,32)/p+1/t21-,24-/m1/s1. The Kier molecular flexibility index (Phi) is 6.01. The van der Waals surface area contributed by atoms with E-state index < -0.39 is 23.5 Å². The minimum atomic E-state index is -1.22. The first-order chi connectivity index (χ1) is 15.8. The molecule has 4 rings (SSSR count). The maximum atomic E-state index is 12.8. The molecule has 1 saturated heterocycles. The summed E-state index contributed by atoms with van der Waals surface area (Å²) in [5.41, 5.74) is 12.3. The number of carbonyl (C=O) groups excluding carboxylic acids is 1. The van der Waals surface area contributed by atoms with Crippen molar-refractivity contribution in [1.82, 2.24) is 5.32 Å². The maximum absolute atomic E-state index is 12.8. The minimum Gasteiger partial charge on any atom is -0.480 e. The number of likely N-dealkylation sites (tertiary alicyclic amines) is 1. The lowest BCUT2D eigenvalue weighted by Gasteiger charge is -2.34. The molecule has 0 spiro atoms. The summed E-state index contributed by atoms with van der Waals surface area (Å²) in [6.07, 6.45) is -0.276. The van der Waals surface area contributed by atoms with Crippen LogP contribution >= 0.6 is 0 Å². The highest BCUT2D eigenvalue weighted by Crippen LogP contribution is 2.44. The van der Waals surface area contributed by atoms with Crippen LogP contribution in [0, 0.1) is 5.41 Å². The number of quaternary nitrogens is 1. The zero-order valence-electron chi connectivity index (χ0n) is 18.8. The number of alkyl carbamates (subject to hydrolysis) is 1. The molecule has 0 saturated carbocycles. The van der Waals surface area contributed by atoms with Crippen LogP contribution in [0.5, 0.6) is 0 Å². The molecule has 2 N–H and O–H groups in total. The summed E-state index contributed by atoms with van der Waals surface area (Å²) in [7, 11) is 3.98. The van der Waals surface area contributed by atoms with E-state index in [1.54, 1.807) is 0 Å². The van der Waals surface area contributed by atoms with Crippen LogP contribution in [0.1, 0.15) is 23.5 Å². The van der Waals surface area contributed by atoms with Gasteiger partial charge in [-0.25, -0.2) is 9.59 Å². The Morgan fingerprint density at radius 3 is 2.33 bits per heavy atom. The molecular formula is C24H28N5O4+. The third-order valence-corrected chi connectivity index (χ3v) is 6.87. The second-order valence-electron chi connectivity index (χ2n) is 9.56. The number of fused-ring (bicyclic) bond motifs is 3. The van der Waals surface area contributed by atoms with Crippen molar-refractivity contribution in [3.8, 4) is 11.1 Å².